The summed E-state index contributed by atoms with van der Waals surface area (Å²) in [6.45, 7) is 0.165. The molecule has 0 saturated heterocycles. The van der Waals surface area contributed by atoms with Crippen molar-refractivity contribution in [3.05, 3.63) is 0 Å². The highest BCUT2D eigenvalue weighted by molar-refractivity contribution is 14.1. The van der Waals surface area contributed by atoms with E-state index in [1.165, 1.54) is 0 Å². The first-order valence-electron chi connectivity index (χ1n) is 2.61. The van der Waals surface area contributed by atoms with Crippen LogP contribution in [0.1, 0.15) is 6.42 Å². The number of halogens is 2. The number of ether oxygens (including phenoxy) is 1. The zero-order valence-corrected chi connectivity index (χ0v) is 8.11. The van der Waals surface area contributed by atoms with Gasteiger partial charge in [-0.1, -0.05) is 5.92 Å². The van der Waals surface area contributed by atoms with Crippen molar-refractivity contribution in [3.8, 4) is 9.85 Å². The van der Waals surface area contributed by atoms with Gasteiger partial charge < -0.3 is 4.74 Å². The monoisotopic (exact) mass is 272 g/mol. The molecule has 0 aliphatic rings. The summed E-state index contributed by atoms with van der Waals surface area (Å²) < 4.78 is 7.20. The Morgan fingerprint density at radius 1 is 1.70 bits per heavy atom. The van der Waals surface area contributed by atoms with E-state index in [0.717, 1.165) is 0 Å². The number of hydrogen-bond acceptors (Lipinski definition) is 2. The van der Waals surface area contributed by atoms with E-state index in [9.17, 15) is 4.79 Å². The summed E-state index contributed by atoms with van der Waals surface area (Å²) in [4.78, 5) is 10.5. The topological polar surface area (TPSA) is 26.3 Å². The molecule has 0 amide bonds. The lowest BCUT2D eigenvalue weighted by atomic mass is 10.5. The van der Waals surface area contributed by atoms with Gasteiger partial charge in [0.2, 0.25) is 0 Å². The molecular weight excluding hydrogens is 266 g/mol. The molecule has 0 rings (SSSR count). The van der Waals surface area contributed by atoms with Crippen molar-refractivity contribution in [1.82, 2.24) is 0 Å². The van der Waals surface area contributed by atoms with Gasteiger partial charge >= 0.3 is 5.97 Å². The molecule has 0 aromatic heterocycles. The lowest BCUT2D eigenvalue weighted by Gasteiger charge is -1.95. The molecule has 4 heteroatoms. The zero-order valence-electron chi connectivity index (χ0n) is 5.19. The molecule has 0 N–H and O–H groups in total. The van der Waals surface area contributed by atoms with Crippen molar-refractivity contribution in [2.75, 3.05) is 12.5 Å². The molecule has 0 saturated carbocycles. The van der Waals surface area contributed by atoms with Gasteiger partial charge in [0.25, 0.3) is 0 Å². The van der Waals surface area contributed by atoms with Gasteiger partial charge in [-0.05, 0) is 3.93 Å². The van der Waals surface area contributed by atoms with Gasteiger partial charge in [0, 0.05) is 28.5 Å². The Balaban J connectivity index is 3.27. The molecule has 0 aromatic rings. The van der Waals surface area contributed by atoms with Crippen molar-refractivity contribution in [3.63, 3.8) is 0 Å². The second-order valence-corrected chi connectivity index (χ2v) is 2.29. The third-order valence-electron chi connectivity index (χ3n) is 0.671. The lowest BCUT2D eigenvalue weighted by molar-refractivity contribution is -0.141. The van der Waals surface area contributed by atoms with E-state index >= 15 is 0 Å². The fourth-order valence-corrected chi connectivity index (χ4v) is 0.603. The maximum absolute atomic E-state index is 10.5. The molecule has 0 spiro atoms. The minimum atomic E-state index is -0.297. The highest BCUT2D eigenvalue weighted by atomic mass is 127. The average molecular weight is 272 g/mol. The lowest BCUT2D eigenvalue weighted by Crippen LogP contribution is -2.04. The van der Waals surface area contributed by atoms with E-state index in [2.05, 4.69) is 14.6 Å². The minimum absolute atomic E-state index is 0.165. The number of esters is 1. The first kappa shape index (κ1) is 10.0. The summed E-state index contributed by atoms with van der Waals surface area (Å²) in [6.07, 6.45) is 0.254. The molecule has 0 aromatic carbocycles. The number of hydrogen-bond donors (Lipinski definition) is 0. The van der Waals surface area contributed by atoms with Crippen LogP contribution in [0, 0.1) is 9.85 Å². The van der Waals surface area contributed by atoms with Crippen LogP contribution >= 0.6 is 34.2 Å². The summed E-state index contributed by atoms with van der Waals surface area (Å²) in [5.41, 5.74) is 0. The van der Waals surface area contributed by atoms with Crippen LogP contribution in [0.25, 0.3) is 0 Å². The fraction of sp³-hybridized carbons (Fsp3) is 0.500. The minimum Gasteiger partial charge on any atom is -0.452 e. The molecule has 0 aliphatic heterocycles. The number of rotatable bonds is 3. The molecule has 56 valence electrons. The summed E-state index contributed by atoms with van der Waals surface area (Å²) in [5, 5.41) is 0. The summed E-state index contributed by atoms with van der Waals surface area (Å²) in [6, 6.07) is 0. The molecule has 0 bridgehead atoms. The van der Waals surface area contributed by atoms with Crippen molar-refractivity contribution in [1.29, 1.82) is 0 Å². The summed E-state index contributed by atoms with van der Waals surface area (Å²) in [5.74, 6) is 2.59. The van der Waals surface area contributed by atoms with Gasteiger partial charge in [-0.15, -0.1) is 11.6 Å². The second-order valence-electron chi connectivity index (χ2n) is 1.37. The van der Waals surface area contributed by atoms with Gasteiger partial charge in [0.05, 0.1) is 6.42 Å². The van der Waals surface area contributed by atoms with Crippen molar-refractivity contribution < 1.29 is 9.53 Å². The van der Waals surface area contributed by atoms with Crippen LogP contribution in [0.15, 0.2) is 0 Å². The Bertz CT molecular complexity index is 159. The standard InChI is InChI=1S/C6H6ClIO2/c7-3-2-6(9)10-5-1-4-8/h2-3,5H2. The molecule has 2 nitrogen and oxygen atoms in total. The summed E-state index contributed by atoms with van der Waals surface area (Å²) in [7, 11) is 0. The molecular formula is C6H6ClIO2. The van der Waals surface area contributed by atoms with Gasteiger partial charge in [-0.3, -0.25) is 4.79 Å². The van der Waals surface area contributed by atoms with E-state index in [1.807, 2.05) is 22.6 Å². The maximum Gasteiger partial charge on any atom is 0.307 e. The van der Waals surface area contributed by atoms with Crippen LogP contribution in [0.2, 0.25) is 0 Å². The van der Waals surface area contributed by atoms with Gasteiger partial charge in [0.15, 0.2) is 6.61 Å². The molecule has 0 radical (unpaired) electrons. The van der Waals surface area contributed by atoms with Crippen LogP contribution in [0.4, 0.5) is 0 Å². The summed E-state index contributed by atoms with van der Waals surface area (Å²) >= 11 is 7.15. The Hall–Kier alpha value is 0.0500. The van der Waals surface area contributed by atoms with E-state index in [0.29, 0.717) is 5.88 Å². The highest BCUT2D eigenvalue weighted by Crippen LogP contribution is 1.88. The Kier molecular flexibility index (Phi) is 7.20. The zero-order chi connectivity index (χ0) is 7.82. The predicted molar refractivity (Wildman–Crippen MR) is 48.1 cm³/mol. The number of carbonyl (C=O) groups excluding carboxylic acids is 1. The Morgan fingerprint density at radius 3 is 2.90 bits per heavy atom. The first-order chi connectivity index (χ1) is 4.81. The maximum atomic E-state index is 10.5. The SMILES string of the molecule is O=C(CCCl)OCC#CI. The smallest absolute Gasteiger partial charge is 0.307 e. The van der Waals surface area contributed by atoms with Crippen molar-refractivity contribution in [2.45, 2.75) is 6.42 Å². The van der Waals surface area contributed by atoms with Crippen molar-refractivity contribution in [2.24, 2.45) is 0 Å². The third kappa shape index (κ3) is 6.17. The van der Waals surface area contributed by atoms with E-state index in [4.69, 9.17) is 11.6 Å². The molecule has 0 heterocycles. The number of carbonyl (C=O) groups is 1. The second kappa shape index (κ2) is 7.16. The highest BCUT2D eigenvalue weighted by Gasteiger charge is 1.97. The van der Waals surface area contributed by atoms with Crippen molar-refractivity contribution >= 4 is 40.2 Å². The molecule has 10 heavy (non-hydrogen) atoms. The quantitative estimate of drug-likeness (QED) is 0.337. The predicted octanol–water partition coefficient (Wildman–Crippen LogP) is 1.55. The van der Waals surface area contributed by atoms with Crippen LogP contribution in [-0.2, 0) is 9.53 Å². The molecule has 0 unspecified atom stereocenters. The molecule has 0 aliphatic carbocycles. The van der Waals surface area contributed by atoms with Gasteiger partial charge in [-0.25, -0.2) is 0 Å². The molecule has 0 atom stereocenters. The Morgan fingerprint density at radius 2 is 2.40 bits per heavy atom. The van der Waals surface area contributed by atoms with Gasteiger partial charge in [-0.2, -0.15) is 0 Å². The number of alkyl halides is 1. The average Bonchev–Trinajstić information content (AvgIpc) is 1.89. The Labute approximate surface area is 78.4 Å². The van der Waals surface area contributed by atoms with Crippen LogP contribution in [-0.4, -0.2) is 18.5 Å². The van der Waals surface area contributed by atoms with Crippen LogP contribution in [0.3, 0.4) is 0 Å². The van der Waals surface area contributed by atoms with Crippen LogP contribution < -0.4 is 0 Å². The molecule has 0 fully saturated rings. The van der Waals surface area contributed by atoms with Crippen LogP contribution in [0.5, 0.6) is 0 Å². The van der Waals surface area contributed by atoms with E-state index < -0.39 is 0 Å². The van der Waals surface area contributed by atoms with E-state index in [-0.39, 0.29) is 19.0 Å². The van der Waals surface area contributed by atoms with E-state index in [1.54, 1.807) is 0 Å². The fourth-order valence-electron chi connectivity index (χ4n) is 0.293. The third-order valence-corrected chi connectivity index (χ3v) is 1.24. The normalized spacial score (nSPS) is 7.80. The largest absolute Gasteiger partial charge is 0.452 e. The van der Waals surface area contributed by atoms with Gasteiger partial charge in [0.1, 0.15) is 0 Å². The first-order valence-corrected chi connectivity index (χ1v) is 4.22.